The van der Waals surface area contributed by atoms with Gasteiger partial charge in [-0.3, -0.25) is 9.78 Å². The molecular weight excluding hydrogens is 410 g/mol. The fraction of sp³-hybridized carbons (Fsp3) is 0.130. The maximum Gasteiger partial charge on any atom is 0.244 e. The van der Waals surface area contributed by atoms with Gasteiger partial charge in [0.2, 0.25) is 5.91 Å². The minimum atomic E-state index is -0.920. The minimum absolute atomic E-state index is 0.136. The minimum Gasteiger partial charge on any atom is -0.486 e. The van der Waals surface area contributed by atoms with E-state index >= 15 is 0 Å². The van der Waals surface area contributed by atoms with Crippen LogP contribution in [0.5, 0.6) is 5.75 Å². The molecule has 0 aliphatic carbocycles. The van der Waals surface area contributed by atoms with Gasteiger partial charge in [-0.25, -0.2) is 8.78 Å². The van der Waals surface area contributed by atoms with E-state index in [0.717, 1.165) is 17.2 Å². The lowest BCUT2D eigenvalue weighted by atomic mass is 10.0. The Morgan fingerprint density at radius 3 is 2.93 bits per heavy atom. The third-order valence-corrected chi connectivity index (χ3v) is 5.01. The van der Waals surface area contributed by atoms with Crippen LogP contribution >= 0.6 is 11.6 Å². The standard InChI is InChI=1S/C23H17ClF2N2O2/c24-19-11-15(18-4-1-5-20(25)22(18)26)9-16-10-17(30-23(16)19)13-28-21(29)7-6-14-3-2-8-27-12-14/h1-9,11-12,17H,10,13H2,(H,28,29)/b7-6+. The Bertz CT molecular complexity index is 1120. The van der Waals surface area contributed by atoms with Crippen molar-refractivity contribution in [3.63, 3.8) is 0 Å². The van der Waals surface area contributed by atoms with Crippen LogP contribution in [0.25, 0.3) is 17.2 Å². The highest BCUT2D eigenvalue weighted by Crippen LogP contribution is 2.40. The number of carbonyl (C=O) groups excluding carboxylic acids is 1. The lowest BCUT2D eigenvalue weighted by molar-refractivity contribution is -0.116. The smallest absolute Gasteiger partial charge is 0.244 e. The van der Waals surface area contributed by atoms with Crippen molar-refractivity contribution in [2.75, 3.05) is 6.54 Å². The van der Waals surface area contributed by atoms with Crippen LogP contribution in [0.2, 0.25) is 5.02 Å². The number of nitrogens with zero attached hydrogens (tertiary/aromatic N) is 1. The molecule has 0 spiro atoms. The largest absolute Gasteiger partial charge is 0.486 e. The lowest BCUT2D eigenvalue weighted by Crippen LogP contribution is -2.33. The van der Waals surface area contributed by atoms with E-state index in [1.54, 1.807) is 36.7 Å². The molecule has 7 heteroatoms. The summed E-state index contributed by atoms with van der Waals surface area (Å²) in [6.07, 6.45) is 6.60. The predicted octanol–water partition coefficient (Wildman–Crippen LogP) is 4.81. The van der Waals surface area contributed by atoms with Gasteiger partial charge in [0.1, 0.15) is 11.9 Å². The van der Waals surface area contributed by atoms with Crippen molar-refractivity contribution < 1.29 is 18.3 Å². The predicted molar refractivity (Wildman–Crippen MR) is 111 cm³/mol. The Morgan fingerprint density at radius 1 is 1.27 bits per heavy atom. The van der Waals surface area contributed by atoms with Gasteiger partial charge < -0.3 is 10.1 Å². The second kappa shape index (κ2) is 8.63. The highest BCUT2D eigenvalue weighted by molar-refractivity contribution is 6.32. The molecule has 1 atom stereocenters. The number of nitrogens with one attached hydrogen (secondary N) is 1. The molecule has 1 N–H and O–H groups in total. The summed E-state index contributed by atoms with van der Waals surface area (Å²) in [5.41, 5.74) is 2.22. The topological polar surface area (TPSA) is 51.2 Å². The van der Waals surface area contributed by atoms with Gasteiger partial charge in [0.25, 0.3) is 0 Å². The number of rotatable bonds is 5. The molecule has 2 heterocycles. The molecule has 0 radical (unpaired) electrons. The van der Waals surface area contributed by atoms with E-state index in [0.29, 0.717) is 22.8 Å². The van der Waals surface area contributed by atoms with E-state index in [4.69, 9.17) is 16.3 Å². The second-order valence-electron chi connectivity index (χ2n) is 6.86. The first-order valence-electron chi connectivity index (χ1n) is 9.30. The third-order valence-electron chi connectivity index (χ3n) is 4.73. The summed E-state index contributed by atoms with van der Waals surface area (Å²) >= 11 is 6.32. The second-order valence-corrected chi connectivity index (χ2v) is 7.26. The van der Waals surface area contributed by atoms with Crippen molar-refractivity contribution in [1.29, 1.82) is 0 Å². The number of amides is 1. The van der Waals surface area contributed by atoms with Crippen molar-refractivity contribution >= 4 is 23.6 Å². The van der Waals surface area contributed by atoms with Gasteiger partial charge in [0.05, 0.1) is 11.6 Å². The van der Waals surface area contributed by atoms with Crippen LogP contribution in [0.1, 0.15) is 11.1 Å². The average molecular weight is 427 g/mol. The molecule has 0 bridgehead atoms. The Labute approximate surface area is 177 Å². The molecule has 0 saturated carbocycles. The van der Waals surface area contributed by atoms with Gasteiger partial charge in [-0.1, -0.05) is 29.8 Å². The summed E-state index contributed by atoms with van der Waals surface area (Å²) in [4.78, 5) is 16.0. The molecule has 1 aliphatic rings. The Kier molecular flexibility index (Phi) is 5.77. The van der Waals surface area contributed by atoms with Crippen molar-refractivity contribution in [3.05, 3.63) is 88.7 Å². The molecule has 0 fully saturated rings. The SMILES string of the molecule is O=C(/C=C/c1cccnc1)NCC1Cc2cc(-c3cccc(F)c3F)cc(Cl)c2O1. The molecule has 30 heavy (non-hydrogen) atoms. The third kappa shape index (κ3) is 4.33. The quantitative estimate of drug-likeness (QED) is 0.595. The molecule has 1 unspecified atom stereocenters. The van der Waals surface area contributed by atoms with Crippen LogP contribution in [0.15, 0.2) is 60.9 Å². The Morgan fingerprint density at radius 2 is 2.13 bits per heavy atom. The molecule has 1 aromatic heterocycles. The Hall–Kier alpha value is -3.25. The van der Waals surface area contributed by atoms with Crippen LogP contribution in [0.4, 0.5) is 8.78 Å². The number of pyridine rings is 1. The molecule has 1 amide bonds. The number of carbonyl (C=O) groups is 1. The van der Waals surface area contributed by atoms with Gasteiger partial charge in [0, 0.05) is 36.0 Å². The average Bonchev–Trinajstić information content (AvgIpc) is 3.17. The van der Waals surface area contributed by atoms with Crippen molar-refractivity contribution in [2.45, 2.75) is 12.5 Å². The number of fused-ring (bicyclic) bond motifs is 1. The molecule has 1 aliphatic heterocycles. The van der Waals surface area contributed by atoms with Gasteiger partial charge in [0.15, 0.2) is 11.6 Å². The number of hydrogen-bond acceptors (Lipinski definition) is 3. The zero-order chi connectivity index (χ0) is 21.1. The van der Waals surface area contributed by atoms with E-state index in [1.165, 1.54) is 18.2 Å². The van der Waals surface area contributed by atoms with Crippen LogP contribution in [-0.4, -0.2) is 23.5 Å². The van der Waals surface area contributed by atoms with E-state index in [2.05, 4.69) is 10.3 Å². The summed E-state index contributed by atoms with van der Waals surface area (Å²) in [5.74, 6) is -1.59. The number of benzene rings is 2. The first-order valence-corrected chi connectivity index (χ1v) is 9.68. The maximum absolute atomic E-state index is 14.1. The molecule has 152 valence electrons. The van der Waals surface area contributed by atoms with Crippen molar-refractivity contribution in [2.24, 2.45) is 0 Å². The molecule has 2 aromatic carbocycles. The molecule has 0 saturated heterocycles. The van der Waals surface area contributed by atoms with Gasteiger partial charge in [-0.05, 0) is 41.5 Å². The normalized spacial score (nSPS) is 15.1. The number of aromatic nitrogens is 1. The van der Waals surface area contributed by atoms with Crippen molar-refractivity contribution in [1.82, 2.24) is 10.3 Å². The highest BCUT2D eigenvalue weighted by atomic mass is 35.5. The molecular formula is C23H17ClF2N2O2. The number of hydrogen-bond donors (Lipinski definition) is 1. The van der Waals surface area contributed by atoms with Gasteiger partial charge in [-0.2, -0.15) is 0 Å². The number of ether oxygens (including phenoxy) is 1. The van der Waals surface area contributed by atoms with Crippen LogP contribution in [-0.2, 0) is 11.2 Å². The fourth-order valence-electron chi connectivity index (χ4n) is 3.30. The molecule has 4 nitrogen and oxygen atoms in total. The van der Waals surface area contributed by atoms with Crippen LogP contribution in [0.3, 0.4) is 0 Å². The van der Waals surface area contributed by atoms with Gasteiger partial charge in [-0.15, -0.1) is 0 Å². The zero-order valence-corrected chi connectivity index (χ0v) is 16.5. The van der Waals surface area contributed by atoms with Crippen LogP contribution in [0, 0.1) is 11.6 Å². The Balaban J connectivity index is 1.42. The van der Waals surface area contributed by atoms with E-state index < -0.39 is 11.6 Å². The monoisotopic (exact) mass is 426 g/mol. The lowest BCUT2D eigenvalue weighted by Gasteiger charge is -2.11. The number of halogens is 3. The summed E-state index contributed by atoms with van der Waals surface area (Å²) in [5, 5.41) is 3.10. The van der Waals surface area contributed by atoms with Crippen LogP contribution < -0.4 is 10.1 Å². The molecule has 4 rings (SSSR count). The maximum atomic E-state index is 14.1. The van der Waals surface area contributed by atoms with Crippen molar-refractivity contribution in [3.8, 4) is 16.9 Å². The van der Waals surface area contributed by atoms with E-state index in [-0.39, 0.29) is 24.1 Å². The zero-order valence-electron chi connectivity index (χ0n) is 15.7. The summed E-state index contributed by atoms with van der Waals surface area (Å²) in [6.45, 7) is 0.283. The van der Waals surface area contributed by atoms with Gasteiger partial charge >= 0.3 is 0 Å². The summed E-state index contributed by atoms with van der Waals surface area (Å²) in [6, 6.07) is 10.9. The highest BCUT2D eigenvalue weighted by Gasteiger charge is 2.27. The molecule has 3 aromatic rings. The fourth-order valence-corrected chi connectivity index (χ4v) is 3.59. The summed E-state index contributed by atoms with van der Waals surface area (Å²) < 4.78 is 33.6. The van der Waals surface area contributed by atoms with E-state index in [1.807, 2.05) is 6.07 Å². The summed E-state index contributed by atoms with van der Waals surface area (Å²) in [7, 11) is 0. The first kappa shape index (κ1) is 20.0. The van der Waals surface area contributed by atoms with E-state index in [9.17, 15) is 13.6 Å². The first-order chi connectivity index (χ1) is 14.5.